The Morgan fingerprint density at radius 3 is 2.37 bits per heavy atom. The molecule has 0 saturated heterocycles. The van der Waals surface area contributed by atoms with E-state index in [-0.39, 0.29) is 0 Å². The van der Waals surface area contributed by atoms with Crippen molar-refractivity contribution in [2.45, 2.75) is 0 Å². The number of halogens is 2. The standard InChI is InChI=1S/C14H13BrClNO2/c15-10-4-6-11(7-5-10)18-8-9-19-14-12(16)2-1-3-13(14)17/h1-7H,8-9,17H2. The van der Waals surface area contributed by atoms with E-state index in [1.54, 1.807) is 18.2 Å². The van der Waals surface area contributed by atoms with Gasteiger partial charge in [0.15, 0.2) is 5.75 Å². The molecule has 5 heteroatoms. The van der Waals surface area contributed by atoms with E-state index < -0.39 is 0 Å². The minimum Gasteiger partial charge on any atom is -0.490 e. The van der Waals surface area contributed by atoms with Gasteiger partial charge in [0.1, 0.15) is 19.0 Å². The zero-order chi connectivity index (χ0) is 13.7. The van der Waals surface area contributed by atoms with Gasteiger partial charge in [-0.1, -0.05) is 33.6 Å². The number of benzene rings is 2. The summed E-state index contributed by atoms with van der Waals surface area (Å²) in [6.07, 6.45) is 0. The highest BCUT2D eigenvalue weighted by Crippen LogP contribution is 2.30. The summed E-state index contributed by atoms with van der Waals surface area (Å²) in [5.41, 5.74) is 6.30. The van der Waals surface area contributed by atoms with Gasteiger partial charge in [-0.2, -0.15) is 0 Å². The molecule has 3 nitrogen and oxygen atoms in total. The van der Waals surface area contributed by atoms with Gasteiger partial charge in [0.05, 0.1) is 10.7 Å². The highest BCUT2D eigenvalue weighted by molar-refractivity contribution is 9.10. The molecule has 100 valence electrons. The van der Waals surface area contributed by atoms with Gasteiger partial charge in [-0.3, -0.25) is 0 Å². The van der Waals surface area contributed by atoms with Crippen LogP contribution in [0.4, 0.5) is 5.69 Å². The van der Waals surface area contributed by atoms with E-state index >= 15 is 0 Å². The zero-order valence-corrected chi connectivity index (χ0v) is 12.4. The van der Waals surface area contributed by atoms with E-state index in [2.05, 4.69) is 15.9 Å². The first-order chi connectivity index (χ1) is 9.16. The van der Waals surface area contributed by atoms with Crippen LogP contribution in [0, 0.1) is 0 Å². The molecular formula is C14H13BrClNO2. The molecule has 0 fully saturated rings. The third-order valence-electron chi connectivity index (χ3n) is 2.41. The predicted molar refractivity (Wildman–Crippen MR) is 81.0 cm³/mol. The van der Waals surface area contributed by atoms with Gasteiger partial charge in [0, 0.05) is 4.47 Å². The number of nitrogen functional groups attached to an aromatic ring is 1. The molecule has 0 saturated carbocycles. The average molecular weight is 343 g/mol. The zero-order valence-electron chi connectivity index (χ0n) is 10.1. The van der Waals surface area contributed by atoms with Gasteiger partial charge in [-0.15, -0.1) is 0 Å². The van der Waals surface area contributed by atoms with Crippen molar-refractivity contribution in [2.24, 2.45) is 0 Å². The predicted octanol–water partition coefficient (Wildman–Crippen LogP) is 4.14. The summed E-state index contributed by atoms with van der Waals surface area (Å²) in [7, 11) is 0. The summed E-state index contributed by atoms with van der Waals surface area (Å²) in [5, 5.41) is 0.503. The van der Waals surface area contributed by atoms with Gasteiger partial charge in [0.2, 0.25) is 0 Å². The normalized spacial score (nSPS) is 10.2. The molecular weight excluding hydrogens is 330 g/mol. The van der Waals surface area contributed by atoms with E-state index in [0.717, 1.165) is 10.2 Å². The van der Waals surface area contributed by atoms with Crippen LogP contribution in [0.5, 0.6) is 11.5 Å². The lowest BCUT2D eigenvalue weighted by molar-refractivity contribution is 0.218. The van der Waals surface area contributed by atoms with Crippen LogP contribution < -0.4 is 15.2 Å². The van der Waals surface area contributed by atoms with Crippen LogP contribution in [0.2, 0.25) is 5.02 Å². The van der Waals surface area contributed by atoms with Gasteiger partial charge in [-0.25, -0.2) is 0 Å². The van der Waals surface area contributed by atoms with Crippen molar-refractivity contribution < 1.29 is 9.47 Å². The molecule has 0 bridgehead atoms. The molecule has 0 aromatic heterocycles. The molecule has 2 N–H and O–H groups in total. The second-order valence-corrected chi connectivity index (χ2v) is 5.13. The van der Waals surface area contributed by atoms with Crippen LogP contribution in [-0.4, -0.2) is 13.2 Å². The maximum absolute atomic E-state index is 5.99. The first-order valence-corrected chi connectivity index (χ1v) is 6.89. The minimum absolute atomic E-state index is 0.379. The first-order valence-electron chi connectivity index (χ1n) is 5.72. The van der Waals surface area contributed by atoms with Crippen LogP contribution in [-0.2, 0) is 0 Å². The van der Waals surface area contributed by atoms with Crippen LogP contribution in [0.15, 0.2) is 46.9 Å². The molecule has 0 atom stereocenters. The highest BCUT2D eigenvalue weighted by atomic mass is 79.9. The van der Waals surface area contributed by atoms with Gasteiger partial charge >= 0.3 is 0 Å². The quantitative estimate of drug-likeness (QED) is 0.656. The molecule has 0 radical (unpaired) electrons. The van der Waals surface area contributed by atoms with Gasteiger partial charge < -0.3 is 15.2 Å². The van der Waals surface area contributed by atoms with Crippen LogP contribution in [0.3, 0.4) is 0 Å². The van der Waals surface area contributed by atoms with Crippen molar-refractivity contribution in [1.29, 1.82) is 0 Å². The third-order valence-corrected chi connectivity index (χ3v) is 3.24. The molecule has 2 aromatic rings. The van der Waals surface area contributed by atoms with E-state index in [9.17, 15) is 0 Å². The second kappa shape index (κ2) is 6.68. The number of ether oxygens (including phenoxy) is 2. The summed E-state index contributed by atoms with van der Waals surface area (Å²) >= 11 is 9.36. The molecule has 0 aliphatic heterocycles. The SMILES string of the molecule is Nc1cccc(Cl)c1OCCOc1ccc(Br)cc1. The monoisotopic (exact) mass is 341 g/mol. The Morgan fingerprint density at radius 2 is 1.68 bits per heavy atom. The number of rotatable bonds is 5. The second-order valence-electron chi connectivity index (χ2n) is 3.81. The van der Waals surface area contributed by atoms with Crippen molar-refractivity contribution in [3.05, 3.63) is 52.0 Å². The fraction of sp³-hybridized carbons (Fsp3) is 0.143. The highest BCUT2D eigenvalue weighted by Gasteiger charge is 2.05. The van der Waals surface area contributed by atoms with Crippen LogP contribution in [0.1, 0.15) is 0 Å². The smallest absolute Gasteiger partial charge is 0.160 e. The number of hydrogen-bond acceptors (Lipinski definition) is 3. The van der Waals surface area contributed by atoms with E-state index in [4.69, 9.17) is 26.8 Å². The van der Waals surface area contributed by atoms with Crippen LogP contribution in [0.25, 0.3) is 0 Å². The Balaban J connectivity index is 1.82. The largest absolute Gasteiger partial charge is 0.490 e. The lowest BCUT2D eigenvalue weighted by Crippen LogP contribution is -2.10. The van der Waals surface area contributed by atoms with Gasteiger partial charge in [-0.05, 0) is 36.4 Å². The van der Waals surface area contributed by atoms with Crippen molar-refractivity contribution in [1.82, 2.24) is 0 Å². The lowest BCUT2D eigenvalue weighted by Gasteiger charge is -2.11. The van der Waals surface area contributed by atoms with Crippen molar-refractivity contribution in [2.75, 3.05) is 18.9 Å². The summed E-state index contributed by atoms with van der Waals surface area (Å²) in [6.45, 7) is 0.802. The van der Waals surface area contributed by atoms with Gasteiger partial charge in [0.25, 0.3) is 0 Å². The van der Waals surface area contributed by atoms with Crippen molar-refractivity contribution in [3.63, 3.8) is 0 Å². The summed E-state index contributed by atoms with van der Waals surface area (Å²) in [6, 6.07) is 12.9. The van der Waals surface area contributed by atoms with E-state index in [1.165, 1.54) is 0 Å². The summed E-state index contributed by atoms with van der Waals surface area (Å²) in [5.74, 6) is 1.29. The minimum atomic E-state index is 0.379. The first kappa shape index (κ1) is 14.0. The number of nitrogens with two attached hydrogens (primary N) is 1. The third kappa shape index (κ3) is 4.04. The summed E-state index contributed by atoms with van der Waals surface area (Å²) in [4.78, 5) is 0. The average Bonchev–Trinajstić information content (AvgIpc) is 2.39. The van der Waals surface area contributed by atoms with E-state index in [0.29, 0.717) is 29.7 Å². The molecule has 2 aromatic carbocycles. The summed E-state index contributed by atoms with van der Waals surface area (Å²) < 4.78 is 12.1. The lowest BCUT2D eigenvalue weighted by atomic mass is 10.3. The van der Waals surface area contributed by atoms with Crippen LogP contribution >= 0.6 is 27.5 Å². The molecule has 2 rings (SSSR count). The maximum Gasteiger partial charge on any atom is 0.160 e. The fourth-order valence-corrected chi connectivity index (χ4v) is 2.01. The molecule has 0 amide bonds. The molecule has 0 aliphatic carbocycles. The Hall–Kier alpha value is -1.39. The molecule has 0 heterocycles. The molecule has 0 aliphatic rings. The Morgan fingerprint density at radius 1 is 1.00 bits per heavy atom. The molecule has 0 unspecified atom stereocenters. The Bertz CT molecular complexity index is 525. The Kier molecular flexibility index (Phi) is 4.93. The number of para-hydroxylation sites is 1. The van der Waals surface area contributed by atoms with Crippen molar-refractivity contribution in [3.8, 4) is 11.5 Å². The topological polar surface area (TPSA) is 44.5 Å². The fourth-order valence-electron chi connectivity index (χ4n) is 1.51. The van der Waals surface area contributed by atoms with E-state index in [1.807, 2.05) is 24.3 Å². The maximum atomic E-state index is 5.99. The Labute approximate surface area is 125 Å². The number of hydrogen-bond donors (Lipinski definition) is 1. The molecule has 19 heavy (non-hydrogen) atoms. The number of anilines is 1. The molecule has 0 spiro atoms. The van der Waals surface area contributed by atoms with Crippen molar-refractivity contribution >= 4 is 33.2 Å².